The molecule has 3 rings (SSSR count). The predicted molar refractivity (Wildman–Crippen MR) is 111 cm³/mol. The van der Waals surface area contributed by atoms with E-state index in [2.05, 4.69) is 4.90 Å². The van der Waals surface area contributed by atoms with E-state index in [1.165, 1.54) is 23.5 Å². The molecule has 1 saturated heterocycles. The average Bonchev–Trinajstić information content (AvgIpc) is 2.77. The van der Waals surface area contributed by atoms with Gasteiger partial charge < -0.3 is 14.2 Å². The van der Waals surface area contributed by atoms with Crippen molar-refractivity contribution < 1.29 is 27.0 Å². The van der Waals surface area contributed by atoms with Crippen LogP contribution in [-0.4, -0.2) is 71.2 Å². The number of morpholine rings is 1. The highest BCUT2D eigenvalue weighted by Gasteiger charge is 2.26. The molecule has 1 aliphatic heterocycles. The molecule has 0 aromatic heterocycles. The molecule has 9 heteroatoms. The minimum atomic E-state index is -3.82. The highest BCUT2D eigenvalue weighted by molar-refractivity contribution is 7.89. The van der Waals surface area contributed by atoms with Gasteiger partial charge in [0.25, 0.3) is 0 Å². The Labute approximate surface area is 177 Å². The van der Waals surface area contributed by atoms with Crippen molar-refractivity contribution in [3.05, 3.63) is 53.8 Å². The van der Waals surface area contributed by atoms with Gasteiger partial charge in [0.1, 0.15) is 5.82 Å². The number of halogens is 1. The smallest absolute Gasteiger partial charge is 0.243 e. The molecule has 7 nitrogen and oxygen atoms in total. The van der Waals surface area contributed by atoms with Gasteiger partial charge >= 0.3 is 0 Å². The summed E-state index contributed by atoms with van der Waals surface area (Å²) in [6.45, 7) is 3.85. The van der Waals surface area contributed by atoms with E-state index in [9.17, 15) is 12.8 Å². The van der Waals surface area contributed by atoms with Crippen molar-refractivity contribution in [1.82, 2.24) is 9.21 Å². The molecule has 0 N–H and O–H groups in total. The molecule has 0 atom stereocenters. The third-order valence-corrected chi connectivity index (χ3v) is 6.89. The molecule has 0 aliphatic carbocycles. The summed E-state index contributed by atoms with van der Waals surface area (Å²) in [5.41, 5.74) is 0.764. The number of rotatable bonds is 9. The molecule has 0 unspecified atom stereocenters. The van der Waals surface area contributed by atoms with E-state index in [1.807, 2.05) is 6.07 Å². The Morgan fingerprint density at radius 1 is 1.03 bits per heavy atom. The third-order valence-electron chi connectivity index (χ3n) is 5.03. The molecule has 0 amide bonds. The fraction of sp³-hybridized carbons (Fsp3) is 0.429. The normalized spacial score (nSPS) is 15.3. The Hall–Kier alpha value is -2.20. The van der Waals surface area contributed by atoms with Gasteiger partial charge in [0.05, 0.1) is 32.3 Å². The Morgan fingerprint density at radius 2 is 1.70 bits per heavy atom. The molecule has 164 valence electrons. The fourth-order valence-electron chi connectivity index (χ4n) is 3.30. The minimum Gasteiger partial charge on any atom is -0.493 e. The molecule has 1 heterocycles. The fourth-order valence-corrected chi connectivity index (χ4v) is 4.72. The summed E-state index contributed by atoms with van der Waals surface area (Å²) in [6, 6.07) is 10.2. The molecule has 1 fully saturated rings. The minimum absolute atomic E-state index is 0.0614. The summed E-state index contributed by atoms with van der Waals surface area (Å²) in [5, 5.41) is 0. The van der Waals surface area contributed by atoms with Gasteiger partial charge in [-0.3, -0.25) is 4.90 Å². The zero-order chi connectivity index (χ0) is 21.6. The van der Waals surface area contributed by atoms with Gasteiger partial charge in [0.2, 0.25) is 10.0 Å². The number of sulfonamides is 1. The number of nitrogens with zero attached hydrogens (tertiary/aromatic N) is 2. The number of ether oxygens (including phenoxy) is 3. The van der Waals surface area contributed by atoms with Crippen LogP contribution in [0.5, 0.6) is 11.5 Å². The lowest BCUT2D eigenvalue weighted by Gasteiger charge is -2.30. The molecule has 0 bridgehead atoms. The quantitative estimate of drug-likeness (QED) is 0.599. The summed E-state index contributed by atoms with van der Waals surface area (Å²) in [4.78, 5) is 2.23. The molecule has 1 aliphatic rings. The van der Waals surface area contributed by atoms with Crippen molar-refractivity contribution in [1.29, 1.82) is 0 Å². The molecular formula is C21H27FN2O5S. The van der Waals surface area contributed by atoms with Crippen LogP contribution in [0.25, 0.3) is 0 Å². The van der Waals surface area contributed by atoms with E-state index < -0.39 is 15.8 Å². The first-order chi connectivity index (χ1) is 14.4. The molecule has 0 saturated carbocycles. The molecule has 2 aromatic rings. The van der Waals surface area contributed by atoms with Crippen LogP contribution in [0.1, 0.15) is 5.56 Å². The maximum Gasteiger partial charge on any atom is 0.243 e. The zero-order valence-electron chi connectivity index (χ0n) is 17.2. The number of benzene rings is 2. The molecule has 30 heavy (non-hydrogen) atoms. The maximum atomic E-state index is 13.3. The summed E-state index contributed by atoms with van der Waals surface area (Å²) < 4.78 is 57.3. The van der Waals surface area contributed by atoms with Crippen LogP contribution in [0.3, 0.4) is 0 Å². The molecule has 0 radical (unpaired) electrons. The summed E-state index contributed by atoms with van der Waals surface area (Å²) in [6.07, 6.45) is 0. The van der Waals surface area contributed by atoms with Crippen LogP contribution < -0.4 is 9.47 Å². The van der Waals surface area contributed by atoms with E-state index in [4.69, 9.17) is 14.2 Å². The summed E-state index contributed by atoms with van der Waals surface area (Å²) in [5.74, 6) is 0.624. The van der Waals surface area contributed by atoms with Crippen LogP contribution in [0.4, 0.5) is 4.39 Å². The van der Waals surface area contributed by atoms with Crippen LogP contribution in [0, 0.1) is 5.82 Å². The van der Waals surface area contributed by atoms with Crippen molar-refractivity contribution in [2.45, 2.75) is 11.4 Å². The van der Waals surface area contributed by atoms with Crippen molar-refractivity contribution in [3.63, 3.8) is 0 Å². The first-order valence-corrected chi connectivity index (χ1v) is 11.1. The zero-order valence-corrected chi connectivity index (χ0v) is 18.0. The maximum absolute atomic E-state index is 13.3. The van der Waals surface area contributed by atoms with Gasteiger partial charge in [0, 0.05) is 32.7 Å². The average molecular weight is 439 g/mol. The highest BCUT2D eigenvalue weighted by Crippen LogP contribution is 2.29. The first-order valence-electron chi connectivity index (χ1n) is 9.71. The lowest BCUT2D eigenvalue weighted by Crippen LogP contribution is -2.42. The third kappa shape index (κ3) is 5.48. The van der Waals surface area contributed by atoms with Gasteiger partial charge in [-0.1, -0.05) is 6.07 Å². The van der Waals surface area contributed by atoms with E-state index in [0.717, 1.165) is 30.8 Å². The number of hydrogen-bond donors (Lipinski definition) is 0. The van der Waals surface area contributed by atoms with Gasteiger partial charge in [-0.2, -0.15) is 4.31 Å². The summed E-state index contributed by atoms with van der Waals surface area (Å²) >= 11 is 0. The topological polar surface area (TPSA) is 68.3 Å². The largest absolute Gasteiger partial charge is 0.493 e. The number of methoxy groups -OCH3 is 2. The predicted octanol–water partition coefficient (Wildman–Crippen LogP) is 2.37. The van der Waals surface area contributed by atoms with E-state index >= 15 is 0 Å². The lowest BCUT2D eigenvalue weighted by molar-refractivity contribution is 0.0361. The van der Waals surface area contributed by atoms with Gasteiger partial charge in [0.15, 0.2) is 11.5 Å². The lowest BCUT2D eigenvalue weighted by atomic mass is 10.2. The monoisotopic (exact) mass is 438 g/mol. The van der Waals surface area contributed by atoms with Crippen molar-refractivity contribution in [2.75, 3.05) is 53.6 Å². The second-order valence-corrected chi connectivity index (χ2v) is 8.87. The van der Waals surface area contributed by atoms with Gasteiger partial charge in [-0.15, -0.1) is 0 Å². The van der Waals surface area contributed by atoms with Gasteiger partial charge in [-0.25, -0.2) is 12.8 Å². The van der Waals surface area contributed by atoms with Crippen LogP contribution in [-0.2, 0) is 21.3 Å². The van der Waals surface area contributed by atoms with Crippen molar-refractivity contribution in [2.24, 2.45) is 0 Å². The summed E-state index contributed by atoms with van der Waals surface area (Å²) in [7, 11) is -0.734. The van der Waals surface area contributed by atoms with Gasteiger partial charge in [-0.05, 0) is 42.0 Å². The van der Waals surface area contributed by atoms with Crippen LogP contribution >= 0.6 is 0 Å². The Kier molecular flexibility index (Phi) is 7.65. The Bertz CT molecular complexity index is 931. The Morgan fingerprint density at radius 3 is 2.33 bits per heavy atom. The number of hydrogen-bond acceptors (Lipinski definition) is 6. The van der Waals surface area contributed by atoms with Crippen molar-refractivity contribution >= 4 is 10.0 Å². The highest BCUT2D eigenvalue weighted by atomic mass is 32.2. The molecular weight excluding hydrogens is 411 g/mol. The second kappa shape index (κ2) is 10.2. The van der Waals surface area contributed by atoms with E-state index in [0.29, 0.717) is 37.8 Å². The SMILES string of the molecule is COc1ccc(CN(CCN2CCOCC2)S(=O)(=O)c2ccc(F)cc2)cc1OC. The van der Waals surface area contributed by atoms with E-state index in [1.54, 1.807) is 19.2 Å². The van der Waals surface area contributed by atoms with Crippen LogP contribution in [0.2, 0.25) is 0 Å². The van der Waals surface area contributed by atoms with Crippen molar-refractivity contribution in [3.8, 4) is 11.5 Å². The van der Waals surface area contributed by atoms with Crippen LogP contribution in [0.15, 0.2) is 47.4 Å². The molecule has 2 aromatic carbocycles. The van der Waals surface area contributed by atoms with E-state index in [-0.39, 0.29) is 11.4 Å². The second-order valence-electron chi connectivity index (χ2n) is 6.94. The standard InChI is InChI=1S/C21H27FN2O5S/c1-27-20-8-3-17(15-21(20)28-2)16-24(10-9-23-11-13-29-14-12-23)30(25,26)19-6-4-18(22)5-7-19/h3-8,15H,9-14,16H2,1-2H3. The Balaban J connectivity index is 1.85. The first kappa shape index (κ1) is 22.5. The molecule has 0 spiro atoms.